The molecule has 112 valence electrons. The van der Waals surface area contributed by atoms with Crippen molar-refractivity contribution in [1.82, 2.24) is 5.32 Å². The Morgan fingerprint density at radius 3 is 2.42 bits per heavy atom. The summed E-state index contributed by atoms with van der Waals surface area (Å²) in [5.74, 6) is 0.607. The van der Waals surface area contributed by atoms with Crippen LogP contribution in [-0.4, -0.2) is 31.6 Å². The van der Waals surface area contributed by atoms with Crippen molar-refractivity contribution < 1.29 is 9.53 Å². The van der Waals surface area contributed by atoms with Gasteiger partial charge in [-0.2, -0.15) is 0 Å². The zero-order chi connectivity index (χ0) is 14.8. The predicted molar refractivity (Wildman–Crippen MR) is 79.0 cm³/mol. The van der Waals surface area contributed by atoms with Gasteiger partial charge in [-0.3, -0.25) is 9.79 Å². The Bertz CT molecular complexity index is 290. The average Bonchev–Trinajstić information content (AvgIpc) is 2.34. The Balaban J connectivity index is 3.94. The zero-order valence-electron chi connectivity index (χ0n) is 12.9. The molecular weight excluding hydrogens is 242 g/mol. The molecule has 0 heterocycles. The third kappa shape index (κ3) is 9.33. The second-order valence-electron chi connectivity index (χ2n) is 5.52. The molecule has 5 nitrogen and oxygen atoms in total. The average molecular weight is 271 g/mol. The first-order chi connectivity index (χ1) is 8.86. The first-order valence-electron chi connectivity index (χ1n) is 7.01. The summed E-state index contributed by atoms with van der Waals surface area (Å²) in [6.45, 7) is 8.66. The largest absolute Gasteiger partial charge is 0.469 e. The minimum absolute atomic E-state index is 0.262. The summed E-state index contributed by atoms with van der Waals surface area (Å²) in [7, 11) is 1.38. The molecule has 0 saturated carbocycles. The van der Waals surface area contributed by atoms with Gasteiger partial charge >= 0.3 is 5.97 Å². The van der Waals surface area contributed by atoms with Gasteiger partial charge in [0, 0.05) is 6.04 Å². The van der Waals surface area contributed by atoms with E-state index < -0.39 is 0 Å². The van der Waals surface area contributed by atoms with Crippen molar-refractivity contribution in [2.45, 2.75) is 53.0 Å². The van der Waals surface area contributed by atoms with E-state index in [1.54, 1.807) is 6.92 Å². The van der Waals surface area contributed by atoms with Crippen LogP contribution in [0, 0.1) is 11.8 Å². The zero-order valence-corrected chi connectivity index (χ0v) is 12.9. The number of hydrogen-bond acceptors (Lipinski definition) is 3. The first kappa shape index (κ1) is 17.7. The normalized spacial score (nSPS) is 15.2. The number of carbonyl (C=O) groups excluding carboxylic acids is 1. The van der Waals surface area contributed by atoms with Gasteiger partial charge in [0.05, 0.1) is 19.6 Å². The number of esters is 1. The van der Waals surface area contributed by atoms with E-state index in [0.717, 1.165) is 12.3 Å². The minimum atomic E-state index is -0.262. The molecule has 0 saturated heterocycles. The Morgan fingerprint density at radius 1 is 1.26 bits per heavy atom. The maximum atomic E-state index is 11.2. The SMILES string of the molecule is COC(=O)C(C)CN=C(N)NC(C)CCCC(C)C. The van der Waals surface area contributed by atoms with Crippen LogP contribution in [0.1, 0.15) is 47.0 Å². The minimum Gasteiger partial charge on any atom is -0.469 e. The molecule has 19 heavy (non-hydrogen) atoms. The van der Waals surface area contributed by atoms with E-state index in [2.05, 4.69) is 35.8 Å². The van der Waals surface area contributed by atoms with Gasteiger partial charge in [0.15, 0.2) is 5.96 Å². The first-order valence-corrected chi connectivity index (χ1v) is 7.01. The van der Waals surface area contributed by atoms with E-state index in [1.807, 2.05) is 0 Å². The van der Waals surface area contributed by atoms with Crippen LogP contribution in [0.3, 0.4) is 0 Å². The molecule has 0 aromatic heterocycles. The number of aliphatic imine (C=N–C) groups is 1. The fraction of sp³-hybridized carbons (Fsp3) is 0.857. The van der Waals surface area contributed by atoms with E-state index in [0.29, 0.717) is 18.5 Å². The van der Waals surface area contributed by atoms with Gasteiger partial charge in [0.25, 0.3) is 0 Å². The number of carbonyl (C=O) groups is 1. The van der Waals surface area contributed by atoms with Crippen molar-refractivity contribution in [2.75, 3.05) is 13.7 Å². The molecule has 5 heteroatoms. The van der Waals surface area contributed by atoms with Crippen molar-refractivity contribution in [3.05, 3.63) is 0 Å². The van der Waals surface area contributed by atoms with E-state index in [-0.39, 0.29) is 11.9 Å². The summed E-state index contributed by atoms with van der Waals surface area (Å²) < 4.78 is 4.63. The van der Waals surface area contributed by atoms with Crippen LogP contribution >= 0.6 is 0 Å². The van der Waals surface area contributed by atoms with E-state index in [1.165, 1.54) is 20.0 Å². The Labute approximate surface area is 117 Å². The van der Waals surface area contributed by atoms with Crippen LogP contribution < -0.4 is 11.1 Å². The third-order valence-corrected chi connectivity index (χ3v) is 2.95. The van der Waals surface area contributed by atoms with Crippen LogP contribution in [0.15, 0.2) is 4.99 Å². The number of nitrogens with one attached hydrogen (secondary N) is 1. The van der Waals surface area contributed by atoms with Gasteiger partial charge in [-0.1, -0.05) is 33.6 Å². The second kappa shape index (κ2) is 9.64. The van der Waals surface area contributed by atoms with Crippen molar-refractivity contribution in [1.29, 1.82) is 0 Å². The van der Waals surface area contributed by atoms with Crippen LogP contribution in [0.5, 0.6) is 0 Å². The van der Waals surface area contributed by atoms with Crippen LogP contribution in [0.25, 0.3) is 0 Å². The monoisotopic (exact) mass is 271 g/mol. The van der Waals surface area contributed by atoms with Crippen LogP contribution in [0.4, 0.5) is 0 Å². The lowest BCUT2D eigenvalue weighted by Gasteiger charge is -2.15. The number of ether oxygens (including phenoxy) is 1. The standard InChI is InChI=1S/C14H29N3O2/c1-10(2)7-6-8-12(4)17-14(15)16-9-11(3)13(18)19-5/h10-12H,6-9H2,1-5H3,(H3,15,16,17). The summed E-state index contributed by atoms with van der Waals surface area (Å²) in [5.41, 5.74) is 5.78. The highest BCUT2D eigenvalue weighted by Gasteiger charge is 2.12. The molecule has 0 bridgehead atoms. The van der Waals surface area contributed by atoms with E-state index in [9.17, 15) is 4.79 Å². The van der Waals surface area contributed by atoms with Crippen molar-refractivity contribution in [3.63, 3.8) is 0 Å². The van der Waals surface area contributed by atoms with Gasteiger partial charge in [0.1, 0.15) is 0 Å². The Kier molecular flexibility index (Phi) is 9.00. The Morgan fingerprint density at radius 2 is 1.89 bits per heavy atom. The highest BCUT2D eigenvalue weighted by molar-refractivity contribution is 5.79. The maximum absolute atomic E-state index is 11.2. The lowest BCUT2D eigenvalue weighted by atomic mass is 10.0. The second-order valence-corrected chi connectivity index (χ2v) is 5.52. The van der Waals surface area contributed by atoms with Gasteiger partial charge in [-0.15, -0.1) is 0 Å². The predicted octanol–water partition coefficient (Wildman–Crippen LogP) is 1.91. The molecule has 0 radical (unpaired) electrons. The molecule has 0 aliphatic rings. The van der Waals surface area contributed by atoms with Crippen molar-refractivity contribution >= 4 is 11.9 Å². The van der Waals surface area contributed by atoms with E-state index >= 15 is 0 Å². The smallest absolute Gasteiger partial charge is 0.310 e. The van der Waals surface area contributed by atoms with Gasteiger partial charge in [-0.25, -0.2) is 0 Å². The highest BCUT2D eigenvalue weighted by Crippen LogP contribution is 2.08. The molecule has 0 rings (SSSR count). The van der Waals surface area contributed by atoms with Gasteiger partial charge in [0.2, 0.25) is 0 Å². The summed E-state index contributed by atoms with van der Waals surface area (Å²) >= 11 is 0. The van der Waals surface area contributed by atoms with E-state index in [4.69, 9.17) is 5.73 Å². The summed E-state index contributed by atoms with van der Waals surface area (Å²) in [6, 6.07) is 0.302. The lowest BCUT2D eigenvalue weighted by Crippen LogP contribution is -2.39. The molecule has 0 fully saturated rings. The fourth-order valence-electron chi connectivity index (χ4n) is 1.71. The number of hydrogen-bond donors (Lipinski definition) is 2. The molecular formula is C14H29N3O2. The molecule has 0 spiro atoms. The lowest BCUT2D eigenvalue weighted by molar-refractivity contribution is -0.144. The Hall–Kier alpha value is -1.26. The van der Waals surface area contributed by atoms with Crippen LogP contribution in [0.2, 0.25) is 0 Å². The number of nitrogens with two attached hydrogens (primary N) is 1. The van der Waals surface area contributed by atoms with Gasteiger partial charge in [-0.05, 0) is 19.3 Å². The van der Waals surface area contributed by atoms with Crippen molar-refractivity contribution in [3.8, 4) is 0 Å². The molecule has 3 N–H and O–H groups in total. The fourth-order valence-corrected chi connectivity index (χ4v) is 1.71. The number of guanidine groups is 1. The molecule has 0 aliphatic heterocycles. The van der Waals surface area contributed by atoms with Crippen LogP contribution in [-0.2, 0) is 9.53 Å². The third-order valence-electron chi connectivity index (χ3n) is 2.95. The molecule has 0 aliphatic carbocycles. The van der Waals surface area contributed by atoms with Gasteiger partial charge < -0.3 is 15.8 Å². The summed E-state index contributed by atoms with van der Waals surface area (Å²) in [4.78, 5) is 15.4. The van der Waals surface area contributed by atoms with Crippen molar-refractivity contribution in [2.24, 2.45) is 22.6 Å². The number of methoxy groups -OCH3 is 1. The molecule has 0 aromatic rings. The summed E-state index contributed by atoms with van der Waals surface area (Å²) in [5, 5.41) is 3.14. The molecule has 2 unspecified atom stereocenters. The quantitative estimate of drug-likeness (QED) is 0.402. The molecule has 2 atom stereocenters. The summed E-state index contributed by atoms with van der Waals surface area (Å²) in [6.07, 6.45) is 3.47. The number of rotatable bonds is 8. The highest BCUT2D eigenvalue weighted by atomic mass is 16.5. The topological polar surface area (TPSA) is 76.7 Å². The molecule has 0 aromatic carbocycles. The number of nitrogens with zero attached hydrogens (tertiary/aromatic N) is 1. The maximum Gasteiger partial charge on any atom is 0.310 e. The molecule has 0 amide bonds.